The van der Waals surface area contributed by atoms with Crippen LogP contribution in [0, 0.1) is 5.82 Å². The van der Waals surface area contributed by atoms with Gasteiger partial charge in [0.2, 0.25) is 5.91 Å². The van der Waals surface area contributed by atoms with Gasteiger partial charge in [0.05, 0.1) is 10.3 Å². The van der Waals surface area contributed by atoms with Gasteiger partial charge in [0.1, 0.15) is 6.61 Å². The Morgan fingerprint density at radius 1 is 1.36 bits per heavy atom. The smallest absolute Gasteiger partial charge is 0.246 e. The van der Waals surface area contributed by atoms with Crippen molar-refractivity contribution in [3.8, 4) is 5.75 Å². The molecule has 116 valence electrons. The van der Waals surface area contributed by atoms with Crippen molar-refractivity contribution in [1.82, 2.24) is 4.90 Å². The highest BCUT2D eigenvalue weighted by atomic mass is 79.9. The molecule has 0 aliphatic carbocycles. The van der Waals surface area contributed by atoms with E-state index in [9.17, 15) is 9.18 Å². The number of hydrogen-bond donors (Lipinski definition) is 0. The number of likely N-dealkylation sites (N-methyl/N-ethyl adjacent to an activating group) is 1. The molecule has 1 amide bonds. The van der Waals surface area contributed by atoms with Crippen LogP contribution in [0.15, 0.2) is 46.3 Å². The summed E-state index contributed by atoms with van der Waals surface area (Å²) in [7, 11) is 1.68. The van der Waals surface area contributed by atoms with Gasteiger partial charge in [-0.15, -0.1) is 11.3 Å². The fourth-order valence-electron chi connectivity index (χ4n) is 1.66. The maximum atomic E-state index is 13.4. The molecule has 0 saturated carbocycles. The molecule has 1 aromatic carbocycles. The number of carbonyl (C=O) groups excluding carboxylic acids is 1. The minimum Gasteiger partial charge on any atom is -0.489 e. The number of thiophene rings is 1. The van der Waals surface area contributed by atoms with Crippen molar-refractivity contribution in [2.45, 2.75) is 0 Å². The topological polar surface area (TPSA) is 29.5 Å². The molecule has 3 nitrogen and oxygen atoms in total. The number of carbonyl (C=O) groups is 1. The Morgan fingerprint density at radius 2 is 2.14 bits per heavy atom. The average molecular weight is 384 g/mol. The van der Waals surface area contributed by atoms with E-state index in [1.54, 1.807) is 42.7 Å². The first-order valence-electron chi connectivity index (χ1n) is 6.62. The fourth-order valence-corrected chi connectivity index (χ4v) is 2.99. The Labute approximate surface area is 141 Å². The Kier molecular flexibility index (Phi) is 6.15. The first-order valence-corrected chi connectivity index (χ1v) is 8.23. The van der Waals surface area contributed by atoms with Gasteiger partial charge in [-0.1, -0.05) is 12.1 Å². The molecule has 0 saturated heterocycles. The molecule has 0 aliphatic rings. The minimum atomic E-state index is -0.403. The van der Waals surface area contributed by atoms with Crippen LogP contribution >= 0.6 is 27.3 Å². The van der Waals surface area contributed by atoms with Gasteiger partial charge in [-0.2, -0.15) is 0 Å². The maximum absolute atomic E-state index is 13.4. The van der Waals surface area contributed by atoms with E-state index in [1.165, 1.54) is 17.0 Å². The van der Waals surface area contributed by atoms with E-state index in [0.29, 0.717) is 6.54 Å². The molecule has 0 radical (unpaired) electrons. The molecular weight excluding hydrogens is 369 g/mol. The average Bonchev–Trinajstić information content (AvgIpc) is 2.92. The lowest BCUT2D eigenvalue weighted by Crippen LogP contribution is -2.29. The van der Waals surface area contributed by atoms with Crippen molar-refractivity contribution in [1.29, 1.82) is 0 Å². The van der Waals surface area contributed by atoms with Crippen LogP contribution < -0.4 is 4.74 Å². The minimum absolute atomic E-state index is 0.123. The van der Waals surface area contributed by atoms with E-state index in [4.69, 9.17) is 4.74 Å². The van der Waals surface area contributed by atoms with Crippen LogP contribution in [0.4, 0.5) is 4.39 Å². The first kappa shape index (κ1) is 16.7. The second-order valence-electron chi connectivity index (χ2n) is 4.51. The Morgan fingerprint density at radius 3 is 2.82 bits per heavy atom. The number of para-hydroxylation sites is 1. The summed E-state index contributed by atoms with van der Waals surface area (Å²) in [4.78, 5) is 14.5. The predicted octanol–water partition coefficient (Wildman–Crippen LogP) is 4.20. The summed E-state index contributed by atoms with van der Waals surface area (Å²) in [5.41, 5.74) is 0. The standard InChI is InChI=1S/C16H15BrFNO2S/c1-19(10-11-21-14-5-3-2-4-13(14)18)16(20)9-7-12-6-8-15(17)22-12/h2-9H,10-11H2,1H3/b9-7+. The monoisotopic (exact) mass is 383 g/mol. The molecule has 2 aromatic rings. The number of benzene rings is 1. The number of hydrogen-bond acceptors (Lipinski definition) is 3. The van der Waals surface area contributed by atoms with Crippen LogP contribution in [0.5, 0.6) is 5.75 Å². The summed E-state index contributed by atoms with van der Waals surface area (Å²) in [5, 5.41) is 0. The predicted molar refractivity (Wildman–Crippen MR) is 90.6 cm³/mol. The lowest BCUT2D eigenvalue weighted by molar-refractivity contribution is -0.125. The Hall–Kier alpha value is -1.66. The number of rotatable bonds is 6. The third kappa shape index (κ3) is 4.96. The van der Waals surface area contributed by atoms with Crippen LogP contribution in [0.25, 0.3) is 6.08 Å². The van der Waals surface area contributed by atoms with E-state index in [2.05, 4.69) is 15.9 Å². The highest BCUT2D eigenvalue weighted by molar-refractivity contribution is 9.11. The van der Waals surface area contributed by atoms with Gasteiger partial charge in [0.25, 0.3) is 0 Å². The summed E-state index contributed by atoms with van der Waals surface area (Å²) in [6, 6.07) is 10.1. The molecule has 0 atom stereocenters. The van der Waals surface area contributed by atoms with E-state index in [1.807, 2.05) is 12.1 Å². The van der Waals surface area contributed by atoms with Crippen molar-refractivity contribution in [3.05, 3.63) is 57.0 Å². The SMILES string of the molecule is CN(CCOc1ccccc1F)C(=O)/C=C/c1ccc(Br)s1. The van der Waals surface area contributed by atoms with Gasteiger partial charge in [-0.25, -0.2) is 4.39 Å². The molecule has 0 N–H and O–H groups in total. The molecule has 6 heteroatoms. The summed E-state index contributed by atoms with van der Waals surface area (Å²) in [6.45, 7) is 0.618. The summed E-state index contributed by atoms with van der Waals surface area (Å²) in [5.74, 6) is -0.330. The van der Waals surface area contributed by atoms with Crippen molar-refractivity contribution in [3.63, 3.8) is 0 Å². The van der Waals surface area contributed by atoms with Gasteiger partial charge in [-0.3, -0.25) is 4.79 Å². The lowest BCUT2D eigenvalue weighted by Gasteiger charge is -2.15. The largest absolute Gasteiger partial charge is 0.489 e. The first-order chi connectivity index (χ1) is 10.6. The normalized spacial score (nSPS) is 10.9. The van der Waals surface area contributed by atoms with Crippen molar-refractivity contribution >= 4 is 39.2 Å². The van der Waals surface area contributed by atoms with Gasteiger partial charge >= 0.3 is 0 Å². The molecule has 1 heterocycles. The fraction of sp³-hybridized carbons (Fsp3) is 0.188. The van der Waals surface area contributed by atoms with Crippen LogP contribution in [0.1, 0.15) is 4.88 Å². The molecular formula is C16H15BrFNO2S. The van der Waals surface area contributed by atoms with Gasteiger partial charge in [0.15, 0.2) is 11.6 Å². The summed E-state index contributed by atoms with van der Waals surface area (Å²) in [6.07, 6.45) is 3.29. The zero-order valence-electron chi connectivity index (χ0n) is 12.0. The highest BCUT2D eigenvalue weighted by Gasteiger charge is 2.06. The second kappa shape index (κ2) is 8.10. The van der Waals surface area contributed by atoms with E-state index in [0.717, 1.165) is 8.66 Å². The van der Waals surface area contributed by atoms with Crippen molar-refractivity contribution in [2.24, 2.45) is 0 Å². The van der Waals surface area contributed by atoms with Crippen LogP contribution in [0.2, 0.25) is 0 Å². The van der Waals surface area contributed by atoms with Crippen molar-refractivity contribution < 1.29 is 13.9 Å². The van der Waals surface area contributed by atoms with Crippen LogP contribution in [-0.4, -0.2) is 31.0 Å². The van der Waals surface area contributed by atoms with E-state index >= 15 is 0 Å². The lowest BCUT2D eigenvalue weighted by atomic mass is 10.3. The van der Waals surface area contributed by atoms with Crippen molar-refractivity contribution in [2.75, 3.05) is 20.2 Å². The highest BCUT2D eigenvalue weighted by Crippen LogP contribution is 2.23. The maximum Gasteiger partial charge on any atom is 0.246 e. The third-order valence-electron chi connectivity index (χ3n) is 2.88. The van der Waals surface area contributed by atoms with Gasteiger partial charge < -0.3 is 9.64 Å². The van der Waals surface area contributed by atoms with Crippen LogP contribution in [-0.2, 0) is 4.79 Å². The number of ether oxygens (including phenoxy) is 1. The number of amides is 1. The summed E-state index contributed by atoms with van der Waals surface area (Å²) < 4.78 is 19.7. The molecule has 0 spiro atoms. The zero-order chi connectivity index (χ0) is 15.9. The molecule has 0 aliphatic heterocycles. The Balaban J connectivity index is 1.79. The van der Waals surface area contributed by atoms with E-state index in [-0.39, 0.29) is 18.3 Å². The van der Waals surface area contributed by atoms with Crippen LogP contribution in [0.3, 0.4) is 0 Å². The van der Waals surface area contributed by atoms with Gasteiger partial charge in [0, 0.05) is 18.0 Å². The van der Waals surface area contributed by atoms with Gasteiger partial charge in [-0.05, 0) is 46.3 Å². The molecule has 0 fully saturated rings. The zero-order valence-corrected chi connectivity index (χ0v) is 14.4. The number of halogens is 2. The quantitative estimate of drug-likeness (QED) is 0.699. The molecule has 0 unspecified atom stereocenters. The molecule has 0 bridgehead atoms. The third-order valence-corrected chi connectivity index (χ3v) is 4.47. The number of nitrogens with zero attached hydrogens (tertiary/aromatic N) is 1. The molecule has 1 aromatic heterocycles. The molecule has 22 heavy (non-hydrogen) atoms. The Bertz CT molecular complexity index is 672. The summed E-state index contributed by atoms with van der Waals surface area (Å²) >= 11 is 4.92. The van der Waals surface area contributed by atoms with E-state index < -0.39 is 5.82 Å². The molecule has 2 rings (SSSR count). The second-order valence-corrected chi connectivity index (χ2v) is 7.01.